The lowest BCUT2D eigenvalue weighted by Gasteiger charge is -2.22. The minimum Gasteiger partial charge on any atom is -0.395 e. The normalized spacial score (nSPS) is 18.1. The molecule has 20 heavy (non-hydrogen) atoms. The van der Waals surface area contributed by atoms with Crippen molar-refractivity contribution in [1.29, 1.82) is 0 Å². The van der Waals surface area contributed by atoms with Gasteiger partial charge in [0.15, 0.2) is 0 Å². The average Bonchev–Trinajstić information content (AvgIpc) is 2.92. The number of benzene rings is 1. The molecule has 0 amide bonds. The van der Waals surface area contributed by atoms with Gasteiger partial charge in [0.2, 0.25) is 0 Å². The van der Waals surface area contributed by atoms with E-state index in [4.69, 9.17) is 9.84 Å². The van der Waals surface area contributed by atoms with Crippen molar-refractivity contribution in [3.63, 3.8) is 0 Å². The lowest BCUT2D eigenvalue weighted by atomic mass is 10.1. The second kappa shape index (κ2) is 7.39. The second-order valence-corrected chi connectivity index (χ2v) is 5.06. The van der Waals surface area contributed by atoms with E-state index < -0.39 is 0 Å². The third kappa shape index (κ3) is 4.31. The lowest BCUT2D eigenvalue weighted by Crippen LogP contribution is -2.31. The fraction of sp³-hybridized carbons (Fsp3) is 0.500. The highest BCUT2D eigenvalue weighted by molar-refractivity contribution is 5.37. The molecule has 0 aliphatic carbocycles. The third-order valence-electron chi connectivity index (χ3n) is 3.39. The van der Waals surface area contributed by atoms with Crippen LogP contribution >= 0.6 is 0 Å². The number of halogens is 1. The van der Waals surface area contributed by atoms with Gasteiger partial charge in [-0.25, -0.2) is 4.39 Å². The first-order valence-corrected chi connectivity index (χ1v) is 6.86. The van der Waals surface area contributed by atoms with Gasteiger partial charge in [0.25, 0.3) is 0 Å². The fourth-order valence-electron chi connectivity index (χ4n) is 2.32. The van der Waals surface area contributed by atoms with Crippen LogP contribution in [0.3, 0.4) is 0 Å². The molecule has 1 heterocycles. The lowest BCUT2D eigenvalue weighted by molar-refractivity contribution is 0.156. The Labute approximate surface area is 119 Å². The summed E-state index contributed by atoms with van der Waals surface area (Å²) in [4.78, 5) is 2.19. The molecule has 1 saturated heterocycles. The number of aliphatic hydroxyl groups is 1. The Morgan fingerprint density at radius 3 is 3.00 bits per heavy atom. The maximum atomic E-state index is 13.6. The fourth-order valence-corrected chi connectivity index (χ4v) is 2.32. The van der Waals surface area contributed by atoms with Crippen molar-refractivity contribution in [2.24, 2.45) is 0 Å². The number of hydrogen-bond acceptors (Lipinski definition) is 3. The minimum atomic E-state index is -0.271. The van der Waals surface area contributed by atoms with Crippen LogP contribution in [0.25, 0.3) is 0 Å². The van der Waals surface area contributed by atoms with E-state index >= 15 is 0 Å². The van der Waals surface area contributed by atoms with Gasteiger partial charge in [0.05, 0.1) is 13.2 Å². The number of ether oxygens (including phenoxy) is 1. The smallest absolute Gasteiger partial charge is 0.124 e. The molecule has 1 aromatic carbocycles. The van der Waals surface area contributed by atoms with Crippen molar-refractivity contribution in [3.8, 4) is 11.8 Å². The molecule has 3 nitrogen and oxygen atoms in total. The van der Waals surface area contributed by atoms with Gasteiger partial charge in [-0.15, -0.1) is 0 Å². The van der Waals surface area contributed by atoms with Gasteiger partial charge in [-0.3, -0.25) is 4.90 Å². The van der Waals surface area contributed by atoms with Crippen LogP contribution in [0.4, 0.5) is 4.39 Å². The zero-order valence-corrected chi connectivity index (χ0v) is 11.7. The zero-order chi connectivity index (χ0) is 14.4. The first-order valence-electron chi connectivity index (χ1n) is 6.86. The maximum Gasteiger partial charge on any atom is 0.124 e. The molecule has 1 aromatic rings. The summed E-state index contributed by atoms with van der Waals surface area (Å²) >= 11 is 0. The summed E-state index contributed by atoms with van der Waals surface area (Å²) in [5, 5.41) is 8.70. The zero-order valence-electron chi connectivity index (χ0n) is 11.7. The Kier molecular flexibility index (Phi) is 5.54. The number of rotatable bonds is 4. The van der Waals surface area contributed by atoms with E-state index in [0.717, 1.165) is 25.2 Å². The molecule has 0 radical (unpaired) electrons. The Bertz CT molecular complexity index is 501. The molecule has 0 spiro atoms. The minimum absolute atomic E-state index is 0.0274. The van der Waals surface area contributed by atoms with E-state index in [0.29, 0.717) is 24.6 Å². The molecule has 1 aliphatic rings. The summed E-state index contributed by atoms with van der Waals surface area (Å²) < 4.78 is 19.0. The first-order chi connectivity index (χ1) is 9.69. The highest BCUT2D eigenvalue weighted by atomic mass is 19.1. The predicted octanol–water partition coefficient (Wildman–Crippen LogP) is 1.78. The van der Waals surface area contributed by atoms with Crippen LogP contribution in [-0.2, 0) is 11.3 Å². The molecule has 1 fully saturated rings. The summed E-state index contributed by atoms with van der Waals surface area (Å²) in [7, 11) is 2.03. The van der Waals surface area contributed by atoms with Crippen molar-refractivity contribution in [2.45, 2.75) is 25.4 Å². The Morgan fingerprint density at radius 1 is 1.45 bits per heavy atom. The van der Waals surface area contributed by atoms with Crippen LogP contribution in [0.15, 0.2) is 18.2 Å². The van der Waals surface area contributed by atoms with Crippen LogP contribution in [0.1, 0.15) is 24.0 Å². The maximum absolute atomic E-state index is 13.6. The van der Waals surface area contributed by atoms with Gasteiger partial charge in [-0.2, -0.15) is 0 Å². The highest BCUT2D eigenvalue weighted by Crippen LogP contribution is 2.16. The van der Waals surface area contributed by atoms with Gasteiger partial charge in [0, 0.05) is 31.2 Å². The monoisotopic (exact) mass is 277 g/mol. The molecular weight excluding hydrogens is 257 g/mol. The largest absolute Gasteiger partial charge is 0.395 e. The predicted molar refractivity (Wildman–Crippen MR) is 75.7 cm³/mol. The van der Waals surface area contributed by atoms with Crippen LogP contribution in [0.2, 0.25) is 0 Å². The summed E-state index contributed by atoms with van der Waals surface area (Å²) in [6.07, 6.45) is 1.43. The van der Waals surface area contributed by atoms with Crippen molar-refractivity contribution in [3.05, 3.63) is 35.1 Å². The van der Waals surface area contributed by atoms with E-state index in [1.807, 2.05) is 13.1 Å². The first kappa shape index (κ1) is 15.0. The van der Waals surface area contributed by atoms with E-state index in [2.05, 4.69) is 16.7 Å². The Balaban J connectivity index is 2.05. The van der Waals surface area contributed by atoms with Crippen molar-refractivity contribution >= 4 is 0 Å². The highest BCUT2D eigenvalue weighted by Gasteiger charge is 2.20. The van der Waals surface area contributed by atoms with E-state index in [1.165, 1.54) is 6.07 Å². The summed E-state index contributed by atoms with van der Waals surface area (Å²) in [6.45, 7) is 2.26. The molecule has 4 heteroatoms. The molecule has 0 bridgehead atoms. The third-order valence-corrected chi connectivity index (χ3v) is 3.39. The topological polar surface area (TPSA) is 32.7 Å². The number of likely N-dealkylation sites (N-methyl/N-ethyl adjacent to an activating group) is 1. The van der Waals surface area contributed by atoms with Crippen molar-refractivity contribution in [2.75, 3.05) is 26.9 Å². The van der Waals surface area contributed by atoms with Gasteiger partial charge >= 0.3 is 0 Å². The molecule has 0 aromatic heterocycles. The molecule has 1 unspecified atom stereocenters. The molecule has 108 valence electrons. The van der Waals surface area contributed by atoms with Gasteiger partial charge < -0.3 is 9.84 Å². The molecule has 2 rings (SSSR count). The van der Waals surface area contributed by atoms with E-state index in [9.17, 15) is 4.39 Å². The SMILES string of the molecule is CN(Cc1cc(F)cc(C#CCCO)c1)C1CCOC1. The second-order valence-electron chi connectivity index (χ2n) is 5.06. The van der Waals surface area contributed by atoms with Gasteiger partial charge in [-0.1, -0.05) is 11.8 Å². The number of nitrogens with zero attached hydrogens (tertiary/aromatic N) is 1. The van der Waals surface area contributed by atoms with E-state index in [-0.39, 0.29) is 12.4 Å². The quantitative estimate of drug-likeness (QED) is 0.852. The van der Waals surface area contributed by atoms with Crippen LogP contribution in [-0.4, -0.2) is 42.9 Å². The number of hydrogen-bond donors (Lipinski definition) is 1. The van der Waals surface area contributed by atoms with Gasteiger partial charge in [-0.05, 0) is 37.2 Å². The van der Waals surface area contributed by atoms with Crippen LogP contribution in [0.5, 0.6) is 0 Å². The average molecular weight is 277 g/mol. The molecule has 1 atom stereocenters. The van der Waals surface area contributed by atoms with Crippen LogP contribution in [0, 0.1) is 17.7 Å². The van der Waals surface area contributed by atoms with E-state index in [1.54, 1.807) is 6.07 Å². The summed E-state index contributed by atoms with van der Waals surface area (Å²) in [5.41, 5.74) is 1.57. The summed E-state index contributed by atoms with van der Waals surface area (Å²) in [5.74, 6) is 5.42. The molecule has 0 saturated carbocycles. The Morgan fingerprint density at radius 2 is 2.30 bits per heavy atom. The molecule has 1 N–H and O–H groups in total. The van der Waals surface area contributed by atoms with Crippen LogP contribution < -0.4 is 0 Å². The van der Waals surface area contributed by atoms with Gasteiger partial charge in [0.1, 0.15) is 5.82 Å². The standard InChI is InChI=1S/C16H20FNO2/c1-18(16-5-7-20-12-16)11-14-8-13(4-2-3-6-19)9-15(17)10-14/h8-10,16,19H,3,5-7,11-12H2,1H3. The van der Waals surface area contributed by atoms with Crippen molar-refractivity contribution in [1.82, 2.24) is 4.90 Å². The molecule has 1 aliphatic heterocycles. The number of aliphatic hydroxyl groups excluding tert-OH is 1. The molecular formula is C16H20FNO2. The van der Waals surface area contributed by atoms with Crippen molar-refractivity contribution < 1.29 is 14.2 Å². The summed E-state index contributed by atoms with van der Waals surface area (Å²) in [6, 6.07) is 5.28. The Hall–Kier alpha value is -1.41.